The maximum atomic E-state index is 12.8. The Bertz CT molecular complexity index is 848. The van der Waals surface area contributed by atoms with E-state index in [2.05, 4.69) is 80.6 Å². The van der Waals surface area contributed by atoms with Crippen LogP contribution in [0.1, 0.15) is 136 Å². The summed E-state index contributed by atoms with van der Waals surface area (Å²) in [6.45, 7) is 34.5. The van der Waals surface area contributed by atoms with Gasteiger partial charge in [-0.2, -0.15) is 13.2 Å². The van der Waals surface area contributed by atoms with Crippen LogP contribution in [0, 0.1) is 24.2 Å². The third-order valence-electron chi connectivity index (χ3n) is 7.08. The van der Waals surface area contributed by atoms with Crippen LogP contribution in [0.25, 0.3) is 0 Å². The second-order valence-electron chi connectivity index (χ2n) is 12.0. The van der Waals surface area contributed by atoms with Gasteiger partial charge >= 0.3 is 6.18 Å². The average molecular weight is 706 g/mol. The second-order valence-corrected chi connectivity index (χ2v) is 12.0. The molecule has 3 unspecified atom stereocenters. The maximum absolute atomic E-state index is 12.8. The van der Waals surface area contributed by atoms with Gasteiger partial charge in [0.1, 0.15) is 6.29 Å². The second kappa shape index (κ2) is 39.1. The van der Waals surface area contributed by atoms with Crippen LogP contribution in [0.5, 0.6) is 0 Å². The van der Waals surface area contributed by atoms with Crippen LogP contribution < -0.4 is 21.3 Å². The van der Waals surface area contributed by atoms with Crippen LogP contribution in [0.4, 0.5) is 13.2 Å². The molecule has 0 heterocycles. The van der Waals surface area contributed by atoms with Crippen LogP contribution in [-0.4, -0.2) is 75.0 Å². The van der Waals surface area contributed by atoms with Gasteiger partial charge in [-0.1, -0.05) is 111 Å². The number of hydrogen-bond donors (Lipinski definition) is 5. The molecule has 0 radical (unpaired) electrons. The Morgan fingerprint density at radius 3 is 1.80 bits per heavy atom. The molecular weight excluding hydrogens is 623 g/mol. The molecule has 0 spiro atoms. The quantitative estimate of drug-likeness (QED) is 0.0524. The van der Waals surface area contributed by atoms with Crippen LogP contribution >= 0.6 is 0 Å². The van der Waals surface area contributed by atoms with Crippen molar-refractivity contribution in [3.63, 3.8) is 0 Å². The van der Waals surface area contributed by atoms with Gasteiger partial charge in [0.2, 0.25) is 0 Å². The summed E-state index contributed by atoms with van der Waals surface area (Å²) in [5.74, 6) is 1.36. The lowest BCUT2D eigenvalue weighted by Gasteiger charge is -2.27. The van der Waals surface area contributed by atoms with E-state index in [4.69, 9.17) is 11.5 Å². The SMILES string of the molecule is C#CC(C)\C(C)=C(C)/C=C(C)/C(=C/CC)CC(C)C(F)(F)F.CC.CCC.CCC.CCCN[C@H](NCCN(CC)CCO)NC(C)NC. The van der Waals surface area contributed by atoms with Gasteiger partial charge < -0.3 is 15.3 Å². The molecule has 0 amide bonds. The number of allylic oxidation sites excluding steroid dienone is 6. The fraction of sp³-hybridized carbons (Fsp3) is 0.800. The zero-order chi connectivity index (χ0) is 39.4. The first-order chi connectivity index (χ1) is 23.0. The van der Waals surface area contributed by atoms with Crippen molar-refractivity contribution in [2.45, 2.75) is 155 Å². The van der Waals surface area contributed by atoms with E-state index < -0.39 is 12.1 Å². The minimum atomic E-state index is -4.16. The highest BCUT2D eigenvalue weighted by molar-refractivity contribution is 5.38. The Morgan fingerprint density at radius 1 is 0.898 bits per heavy atom. The molecule has 4 atom stereocenters. The molecule has 49 heavy (non-hydrogen) atoms. The molecule has 0 aromatic heterocycles. The average Bonchev–Trinajstić information content (AvgIpc) is 3.06. The lowest BCUT2D eigenvalue weighted by Crippen LogP contribution is -2.59. The summed E-state index contributed by atoms with van der Waals surface area (Å²) in [4.78, 5) is 2.23. The number of likely N-dealkylation sites (N-methyl/N-ethyl adjacent to an activating group) is 1. The van der Waals surface area contributed by atoms with E-state index in [0.29, 0.717) is 6.42 Å². The smallest absolute Gasteiger partial charge is 0.391 e. The van der Waals surface area contributed by atoms with Crippen LogP contribution in [0.15, 0.2) is 34.4 Å². The van der Waals surface area contributed by atoms with Crippen molar-refractivity contribution in [2.24, 2.45) is 11.8 Å². The van der Waals surface area contributed by atoms with E-state index in [1.165, 1.54) is 19.8 Å². The van der Waals surface area contributed by atoms with Crippen LogP contribution in [0.2, 0.25) is 0 Å². The topological polar surface area (TPSA) is 71.6 Å². The summed E-state index contributed by atoms with van der Waals surface area (Å²) in [7, 11) is 1.94. The first-order valence-corrected chi connectivity index (χ1v) is 18.9. The van der Waals surface area contributed by atoms with Crippen molar-refractivity contribution in [1.29, 1.82) is 0 Å². The predicted octanol–water partition coefficient (Wildman–Crippen LogP) is 9.65. The van der Waals surface area contributed by atoms with E-state index in [1.54, 1.807) is 0 Å². The van der Waals surface area contributed by atoms with Gasteiger partial charge in [-0.25, -0.2) is 0 Å². The molecule has 6 nitrogen and oxygen atoms in total. The third kappa shape index (κ3) is 35.9. The first kappa shape index (κ1) is 56.7. The lowest BCUT2D eigenvalue weighted by molar-refractivity contribution is -0.168. The van der Waals surface area contributed by atoms with Crippen LogP contribution in [0.3, 0.4) is 0 Å². The highest BCUT2D eigenvalue weighted by atomic mass is 19.4. The van der Waals surface area contributed by atoms with Gasteiger partial charge in [-0.05, 0) is 85.2 Å². The highest BCUT2D eigenvalue weighted by Gasteiger charge is 2.36. The molecule has 0 aliphatic carbocycles. The van der Waals surface area contributed by atoms with Gasteiger partial charge in [0.05, 0.1) is 18.7 Å². The summed E-state index contributed by atoms with van der Waals surface area (Å²) < 4.78 is 38.3. The normalized spacial score (nSPS) is 14.5. The molecule has 0 saturated heterocycles. The van der Waals surface area contributed by atoms with Gasteiger partial charge in [-0.15, -0.1) is 6.42 Å². The Hall–Kier alpha value is -1.67. The molecular formula is C40H82F3N5O. The van der Waals surface area contributed by atoms with E-state index in [1.807, 2.05) is 67.7 Å². The predicted molar refractivity (Wildman–Crippen MR) is 213 cm³/mol. The summed E-state index contributed by atoms with van der Waals surface area (Å²) in [6.07, 6.45) is 9.77. The molecule has 294 valence electrons. The molecule has 0 fully saturated rings. The number of nitrogens with zero attached hydrogens (tertiary/aromatic N) is 1. The number of nitrogens with one attached hydrogen (secondary N) is 4. The largest absolute Gasteiger partial charge is 0.395 e. The number of alkyl halides is 3. The maximum Gasteiger partial charge on any atom is 0.391 e. The molecule has 5 N–H and O–H groups in total. The number of hydrogen-bond acceptors (Lipinski definition) is 6. The fourth-order valence-corrected chi connectivity index (χ4v) is 3.84. The zero-order valence-electron chi connectivity index (χ0n) is 34.8. The molecule has 0 aromatic carbocycles. The lowest BCUT2D eigenvalue weighted by atomic mass is 9.92. The Kier molecular flexibility index (Phi) is 45.3. The number of aliphatic hydroxyl groups excluding tert-OH is 1. The van der Waals surface area contributed by atoms with Crippen molar-refractivity contribution in [2.75, 3.05) is 46.4 Å². The summed E-state index contributed by atoms with van der Waals surface area (Å²) in [6, 6.07) is 0. The molecule has 0 aromatic rings. The van der Waals surface area contributed by atoms with Crippen molar-refractivity contribution >= 4 is 0 Å². The summed E-state index contributed by atoms with van der Waals surface area (Å²) in [5, 5.41) is 22.4. The van der Waals surface area contributed by atoms with E-state index in [9.17, 15) is 13.2 Å². The Labute approximate surface area is 303 Å². The van der Waals surface area contributed by atoms with Gasteiger partial charge in [0, 0.05) is 25.6 Å². The number of halogens is 3. The number of rotatable bonds is 19. The molecule has 0 bridgehead atoms. The van der Waals surface area contributed by atoms with Crippen molar-refractivity contribution < 1.29 is 18.3 Å². The van der Waals surface area contributed by atoms with Crippen molar-refractivity contribution in [3.8, 4) is 12.3 Å². The third-order valence-corrected chi connectivity index (χ3v) is 7.08. The fourth-order valence-electron chi connectivity index (χ4n) is 3.84. The van der Waals surface area contributed by atoms with Crippen molar-refractivity contribution in [1.82, 2.24) is 26.2 Å². The van der Waals surface area contributed by atoms with E-state index in [-0.39, 0.29) is 31.4 Å². The van der Waals surface area contributed by atoms with Gasteiger partial charge in [0.15, 0.2) is 0 Å². The van der Waals surface area contributed by atoms with E-state index >= 15 is 0 Å². The molecule has 0 rings (SSSR count). The molecule has 0 aliphatic heterocycles. The standard InChI is InChI=1S/C19H27F3.C13H33N5O.2C3H8.C2H6/c1-8-10-18(12-16(6)19(20,21)22)15(5)11-14(4)17(7)13(3)9-2;1-5-7-15-13(17-12(3)14-4)16-8-9-18(6-2)10-11-19;2*1-3-2;1-2/h2,10-11,13,16H,8,12H2,1,3-7H3;12-17,19H,5-11H2,1-4H3;2*3H2,1-2H3;1-2H3/b15-11+,17-14-,18-10+;;;;/t;12?,13-;;;/m.1.../s1. The zero-order valence-corrected chi connectivity index (χ0v) is 34.8. The van der Waals surface area contributed by atoms with E-state index in [0.717, 1.165) is 61.4 Å². The molecule has 9 heteroatoms. The minimum Gasteiger partial charge on any atom is -0.395 e. The monoisotopic (exact) mass is 706 g/mol. The number of terminal acetylenes is 1. The highest BCUT2D eigenvalue weighted by Crippen LogP contribution is 2.33. The molecule has 0 saturated carbocycles. The van der Waals surface area contributed by atoms with Crippen LogP contribution in [-0.2, 0) is 0 Å². The van der Waals surface area contributed by atoms with Crippen molar-refractivity contribution in [3.05, 3.63) is 34.4 Å². The molecule has 0 aliphatic rings. The number of aliphatic hydroxyl groups is 1. The van der Waals surface area contributed by atoms with Gasteiger partial charge in [0.25, 0.3) is 0 Å². The van der Waals surface area contributed by atoms with Gasteiger partial charge in [-0.3, -0.25) is 16.0 Å². The first-order valence-electron chi connectivity index (χ1n) is 18.9. The summed E-state index contributed by atoms with van der Waals surface area (Å²) >= 11 is 0. The minimum absolute atomic E-state index is 0.0106. The Balaban J connectivity index is -0.000000218. The summed E-state index contributed by atoms with van der Waals surface area (Å²) in [5.41, 5.74) is 3.72. The Morgan fingerprint density at radius 2 is 1.41 bits per heavy atom.